The number of rotatable bonds is 11. The molecule has 10 heteroatoms. The van der Waals surface area contributed by atoms with Crippen LogP contribution in [0.4, 0.5) is 15.3 Å². The summed E-state index contributed by atoms with van der Waals surface area (Å²) in [5.74, 6) is 1.69. The van der Waals surface area contributed by atoms with E-state index in [-0.39, 0.29) is 11.8 Å². The average Bonchev–Trinajstić information content (AvgIpc) is 2.87. The minimum absolute atomic E-state index is 0.136. The number of carbonyl (C=O) groups excluding carboxylic acids is 2. The van der Waals surface area contributed by atoms with Gasteiger partial charge in [-0.25, -0.2) is 9.80 Å². The molecule has 1 aliphatic rings. The number of hydrogen-bond donors (Lipinski definition) is 1. The first-order valence-electron chi connectivity index (χ1n) is 11.5. The first kappa shape index (κ1) is 26.4. The summed E-state index contributed by atoms with van der Waals surface area (Å²) in [6.45, 7) is 7.24. The van der Waals surface area contributed by atoms with Gasteiger partial charge >= 0.3 is 11.3 Å². The van der Waals surface area contributed by atoms with Gasteiger partial charge in [0.05, 0.1) is 26.5 Å². The summed E-state index contributed by atoms with van der Waals surface area (Å²) in [4.78, 5) is 26.9. The molecule has 35 heavy (non-hydrogen) atoms. The molecule has 0 saturated carbocycles. The van der Waals surface area contributed by atoms with Gasteiger partial charge in [0.25, 0.3) is 0 Å². The second-order valence-corrected chi connectivity index (χ2v) is 8.64. The molecule has 0 unspecified atom stereocenters. The standard InChI is InChI=1S/C25H32N4O5S/c1-5-28(6-2)12-13-34-24(30)26-20-9-7-8-18(14-20)16-29-25(31)35-17-21(27-29)19-10-11-22(32-3)23(15-19)33-4/h7-11,14-15H,5-6,12-13,16-17H2,1-4H3,(H,26,30). The molecule has 0 atom stereocenters. The first-order valence-corrected chi connectivity index (χ1v) is 12.4. The van der Waals surface area contributed by atoms with E-state index in [0.29, 0.717) is 36.1 Å². The van der Waals surface area contributed by atoms with Crippen LogP contribution in [0.25, 0.3) is 0 Å². The Balaban J connectivity index is 1.65. The molecule has 188 valence electrons. The Labute approximate surface area is 210 Å². The molecule has 0 fully saturated rings. The van der Waals surface area contributed by atoms with Crippen LogP contribution in [0.3, 0.4) is 0 Å². The number of carbonyl (C=O) groups is 2. The highest BCUT2D eigenvalue weighted by Crippen LogP contribution is 2.30. The Hall–Kier alpha value is -3.24. The van der Waals surface area contributed by atoms with Crippen molar-refractivity contribution in [3.05, 3.63) is 53.6 Å². The molecular weight excluding hydrogens is 468 g/mol. The summed E-state index contributed by atoms with van der Waals surface area (Å²) < 4.78 is 16.0. The minimum Gasteiger partial charge on any atom is -0.493 e. The average molecular weight is 501 g/mol. The smallest absolute Gasteiger partial charge is 0.411 e. The Morgan fingerprint density at radius 1 is 1.11 bits per heavy atom. The van der Waals surface area contributed by atoms with Crippen LogP contribution in [0.1, 0.15) is 25.0 Å². The second-order valence-electron chi connectivity index (χ2n) is 7.72. The van der Waals surface area contributed by atoms with Gasteiger partial charge in [-0.1, -0.05) is 37.7 Å². The van der Waals surface area contributed by atoms with Crippen molar-refractivity contribution < 1.29 is 23.8 Å². The molecular formula is C25H32N4O5S. The fourth-order valence-corrected chi connectivity index (χ4v) is 4.30. The zero-order valence-electron chi connectivity index (χ0n) is 20.6. The third-order valence-corrected chi connectivity index (χ3v) is 6.42. The molecule has 2 amide bonds. The number of anilines is 1. The molecule has 0 spiro atoms. The highest BCUT2D eigenvalue weighted by molar-refractivity contribution is 8.14. The Kier molecular flexibility index (Phi) is 9.80. The third-order valence-electron chi connectivity index (χ3n) is 5.54. The van der Waals surface area contributed by atoms with Crippen LogP contribution in [-0.2, 0) is 11.3 Å². The van der Waals surface area contributed by atoms with Crippen molar-refractivity contribution >= 4 is 34.5 Å². The monoisotopic (exact) mass is 500 g/mol. The summed E-state index contributed by atoms with van der Waals surface area (Å²) in [6, 6.07) is 12.9. The molecule has 0 bridgehead atoms. The number of nitrogens with one attached hydrogen (secondary N) is 1. The third kappa shape index (κ3) is 7.37. The predicted molar refractivity (Wildman–Crippen MR) is 139 cm³/mol. The molecule has 0 aliphatic carbocycles. The van der Waals surface area contributed by atoms with Crippen LogP contribution in [0.5, 0.6) is 11.5 Å². The van der Waals surface area contributed by atoms with E-state index in [1.54, 1.807) is 20.3 Å². The molecule has 1 heterocycles. The van der Waals surface area contributed by atoms with Crippen molar-refractivity contribution in [1.82, 2.24) is 9.91 Å². The van der Waals surface area contributed by atoms with Crippen LogP contribution < -0.4 is 14.8 Å². The Bertz CT molecular complexity index is 1060. The van der Waals surface area contributed by atoms with E-state index in [2.05, 4.69) is 29.2 Å². The summed E-state index contributed by atoms with van der Waals surface area (Å²) in [5, 5.41) is 8.63. The number of ether oxygens (including phenoxy) is 3. The zero-order chi connectivity index (χ0) is 25.2. The number of benzene rings is 2. The number of hydrogen-bond acceptors (Lipinski definition) is 8. The van der Waals surface area contributed by atoms with E-state index in [1.165, 1.54) is 16.8 Å². The second kappa shape index (κ2) is 13.0. The van der Waals surface area contributed by atoms with Gasteiger partial charge in [-0.05, 0) is 49.0 Å². The van der Waals surface area contributed by atoms with E-state index in [1.807, 2.05) is 36.4 Å². The minimum atomic E-state index is -0.507. The van der Waals surface area contributed by atoms with E-state index in [9.17, 15) is 9.59 Å². The molecule has 1 aliphatic heterocycles. The van der Waals surface area contributed by atoms with Crippen LogP contribution in [0, 0.1) is 0 Å². The summed E-state index contributed by atoms with van der Waals surface area (Å²) in [5.41, 5.74) is 3.05. The maximum absolute atomic E-state index is 12.5. The molecule has 0 radical (unpaired) electrons. The Morgan fingerprint density at radius 3 is 2.60 bits per heavy atom. The normalized spacial score (nSPS) is 13.5. The maximum Gasteiger partial charge on any atom is 0.411 e. The van der Waals surface area contributed by atoms with E-state index < -0.39 is 6.09 Å². The van der Waals surface area contributed by atoms with Crippen LogP contribution >= 0.6 is 11.8 Å². The molecule has 9 nitrogen and oxygen atoms in total. The van der Waals surface area contributed by atoms with Crippen molar-refractivity contribution in [2.75, 3.05) is 51.5 Å². The lowest BCUT2D eigenvalue weighted by atomic mass is 10.1. The number of amides is 2. The lowest BCUT2D eigenvalue weighted by Crippen LogP contribution is -2.29. The number of nitrogens with zero attached hydrogens (tertiary/aromatic N) is 3. The SMILES string of the molecule is CCN(CC)CCOC(=O)Nc1cccc(CN2N=C(c3ccc(OC)c(OC)c3)CSC2=O)c1. The van der Waals surface area contributed by atoms with E-state index in [4.69, 9.17) is 14.2 Å². The van der Waals surface area contributed by atoms with Gasteiger partial charge in [-0.15, -0.1) is 0 Å². The number of hydrazone groups is 1. The zero-order valence-corrected chi connectivity index (χ0v) is 21.4. The van der Waals surface area contributed by atoms with Gasteiger partial charge in [0.15, 0.2) is 11.5 Å². The summed E-state index contributed by atoms with van der Waals surface area (Å²) in [7, 11) is 3.16. The van der Waals surface area contributed by atoms with Gasteiger partial charge in [-0.3, -0.25) is 10.1 Å². The molecule has 0 saturated heterocycles. The van der Waals surface area contributed by atoms with Gasteiger partial charge in [0, 0.05) is 23.5 Å². The fourth-order valence-electron chi connectivity index (χ4n) is 3.56. The van der Waals surface area contributed by atoms with Crippen molar-refractivity contribution in [3.63, 3.8) is 0 Å². The van der Waals surface area contributed by atoms with E-state index >= 15 is 0 Å². The Morgan fingerprint density at radius 2 is 1.89 bits per heavy atom. The van der Waals surface area contributed by atoms with Crippen LogP contribution in [0.15, 0.2) is 47.6 Å². The van der Waals surface area contributed by atoms with E-state index in [0.717, 1.165) is 29.9 Å². The van der Waals surface area contributed by atoms with Gasteiger partial charge in [0.2, 0.25) is 0 Å². The summed E-state index contributed by atoms with van der Waals surface area (Å²) >= 11 is 1.19. The summed E-state index contributed by atoms with van der Waals surface area (Å²) in [6.07, 6.45) is -0.507. The van der Waals surface area contributed by atoms with Gasteiger partial charge in [0.1, 0.15) is 6.61 Å². The lowest BCUT2D eigenvalue weighted by Gasteiger charge is -2.23. The lowest BCUT2D eigenvalue weighted by molar-refractivity contribution is 0.142. The highest BCUT2D eigenvalue weighted by Gasteiger charge is 2.23. The largest absolute Gasteiger partial charge is 0.493 e. The number of thioether (sulfide) groups is 1. The number of methoxy groups -OCH3 is 2. The highest BCUT2D eigenvalue weighted by atomic mass is 32.2. The van der Waals surface area contributed by atoms with Crippen molar-refractivity contribution in [2.45, 2.75) is 20.4 Å². The topological polar surface area (TPSA) is 92.7 Å². The molecule has 2 aromatic rings. The fraction of sp³-hybridized carbons (Fsp3) is 0.400. The van der Waals surface area contributed by atoms with Crippen molar-refractivity contribution in [2.24, 2.45) is 5.10 Å². The maximum atomic E-state index is 12.5. The van der Waals surface area contributed by atoms with Gasteiger partial charge < -0.3 is 19.1 Å². The molecule has 1 N–H and O–H groups in total. The molecule has 0 aromatic heterocycles. The number of likely N-dealkylation sites (N-methyl/N-ethyl adjacent to an activating group) is 1. The van der Waals surface area contributed by atoms with Gasteiger partial charge in [-0.2, -0.15) is 5.10 Å². The molecule has 3 rings (SSSR count). The first-order chi connectivity index (χ1) is 17.0. The molecule has 2 aromatic carbocycles. The van der Waals surface area contributed by atoms with Crippen LogP contribution in [-0.4, -0.2) is 73.2 Å². The van der Waals surface area contributed by atoms with Crippen molar-refractivity contribution in [1.29, 1.82) is 0 Å². The van der Waals surface area contributed by atoms with Crippen LogP contribution in [0.2, 0.25) is 0 Å². The predicted octanol–water partition coefficient (Wildman–Crippen LogP) is 4.67. The quantitative estimate of drug-likeness (QED) is 0.479. The van der Waals surface area contributed by atoms with Crippen molar-refractivity contribution in [3.8, 4) is 11.5 Å².